The predicted molar refractivity (Wildman–Crippen MR) is 64.5 cm³/mol. The van der Waals surface area contributed by atoms with E-state index in [0.29, 0.717) is 6.04 Å². The Labute approximate surface area is 97.4 Å². The maximum absolute atomic E-state index is 5.24. The molecule has 4 nitrogen and oxygen atoms in total. The van der Waals surface area contributed by atoms with Gasteiger partial charge in [-0.1, -0.05) is 0 Å². The highest BCUT2D eigenvalue weighted by atomic mass is 16.5. The molecule has 92 valence electrons. The third-order valence-corrected chi connectivity index (χ3v) is 2.54. The van der Waals surface area contributed by atoms with Crippen molar-refractivity contribution in [3.8, 4) is 0 Å². The van der Waals surface area contributed by atoms with Gasteiger partial charge >= 0.3 is 0 Å². The van der Waals surface area contributed by atoms with Crippen LogP contribution < -0.4 is 10.6 Å². The fourth-order valence-corrected chi connectivity index (χ4v) is 1.44. The minimum atomic E-state index is 0.436. The number of nitrogens with one attached hydrogen (secondary N) is 2. The average molecular weight is 226 g/mol. The van der Waals surface area contributed by atoms with Crippen molar-refractivity contribution in [2.45, 2.75) is 26.4 Å². The summed E-state index contributed by atoms with van der Waals surface area (Å²) in [6.07, 6.45) is 1.73. The molecule has 0 saturated heterocycles. The van der Waals surface area contributed by atoms with Gasteiger partial charge in [0.05, 0.1) is 12.9 Å². The molecule has 0 spiro atoms. The maximum atomic E-state index is 5.24. The minimum absolute atomic E-state index is 0.436. The highest BCUT2D eigenvalue weighted by Crippen LogP contribution is 2.07. The standard InChI is InChI=1S/C12H22N2O2/c1-10(8-13-5-7-15-3)14-9-12-4-6-16-11(12)2/h4,6,10,13-14H,5,7-9H2,1-3H3. The summed E-state index contributed by atoms with van der Waals surface area (Å²) in [4.78, 5) is 0. The number of rotatable bonds is 8. The van der Waals surface area contributed by atoms with E-state index in [1.165, 1.54) is 5.56 Å². The summed E-state index contributed by atoms with van der Waals surface area (Å²) in [5.41, 5.74) is 1.23. The molecule has 16 heavy (non-hydrogen) atoms. The normalized spacial score (nSPS) is 12.9. The van der Waals surface area contributed by atoms with Gasteiger partial charge in [0.25, 0.3) is 0 Å². The first-order valence-corrected chi connectivity index (χ1v) is 5.70. The Morgan fingerprint density at radius 3 is 2.94 bits per heavy atom. The van der Waals surface area contributed by atoms with Gasteiger partial charge in [-0.05, 0) is 19.9 Å². The van der Waals surface area contributed by atoms with Crippen LogP contribution in [0.2, 0.25) is 0 Å². The molecule has 1 atom stereocenters. The number of hydrogen-bond acceptors (Lipinski definition) is 4. The lowest BCUT2D eigenvalue weighted by atomic mass is 10.2. The van der Waals surface area contributed by atoms with Crippen molar-refractivity contribution in [1.82, 2.24) is 10.6 Å². The fourth-order valence-electron chi connectivity index (χ4n) is 1.44. The topological polar surface area (TPSA) is 46.4 Å². The molecule has 0 aliphatic carbocycles. The second kappa shape index (κ2) is 7.44. The molecule has 1 unspecified atom stereocenters. The van der Waals surface area contributed by atoms with Crippen molar-refractivity contribution >= 4 is 0 Å². The summed E-state index contributed by atoms with van der Waals surface area (Å²) >= 11 is 0. The summed E-state index contributed by atoms with van der Waals surface area (Å²) in [7, 11) is 1.71. The van der Waals surface area contributed by atoms with E-state index in [2.05, 4.69) is 17.6 Å². The van der Waals surface area contributed by atoms with Gasteiger partial charge in [-0.2, -0.15) is 0 Å². The molecular formula is C12H22N2O2. The number of ether oxygens (including phenoxy) is 1. The highest BCUT2D eigenvalue weighted by Gasteiger charge is 2.04. The first-order chi connectivity index (χ1) is 7.74. The van der Waals surface area contributed by atoms with Crippen LogP contribution in [0.25, 0.3) is 0 Å². The van der Waals surface area contributed by atoms with E-state index in [4.69, 9.17) is 9.15 Å². The van der Waals surface area contributed by atoms with E-state index in [1.54, 1.807) is 13.4 Å². The van der Waals surface area contributed by atoms with Gasteiger partial charge in [-0.3, -0.25) is 0 Å². The molecule has 1 aromatic rings. The quantitative estimate of drug-likeness (QED) is 0.656. The van der Waals surface area contributed by atoms with Gasteiger partial charge in [0.2, 0.25) is 0 Å². The number of aryl methyl sites for hydroxylation is 1. The van der Waals surface area contributed by atoms with Gasteiger partial charge in [-0.15, -0.1) is 0 Å². The van der Waals surface area contributed by atoms with Crippen molar-refractivity contribution in [2.75, 3.05) is 26.8 Å². The monoisotopic (exact) mass is 226 g/mol. The third-order valence-electron chi connectivity index (χ3n) is 2.54. The smallest absolute Gasteiger partial charge is 0.105 e. The zero-order valence-corrected chi connectivity index (χ0v) is 10.4. The minimum Gasteiger partial charge on any atom is -0.469 e. The van der Waals surface area contributed by atoms with E-state index >= 15 is 0 Å². The summed E-state index contributed by atoms with van der Waals surface area (Å²) in [6.45, 7) is 7.60. The molecule has 0 saturated carbocycles. The molecule has 0 aliphatic rings. The molecule has 0 fully saturated rings. The van der Waals surface area contributed by atoms with Gasteiger partial charge < -0.3 is 19.8 Å². The summed E-state index contributed by atoms with van der Waals surface area (Å²) < 4.78 is 10.2. The number of methoxy groups -OCH3 is 1. The van der Waals surface area contributed by atoms with Crippen molar-refractivity contribution in [3.63, 3.8) is 0 Å². The van der Waals surface area contributed by atoms with Gasteiger partial charge in [0.15, 0.2) is 0 Å². The Morgan fingerprint density at radius 2 is 2.31 bits per heavy atom. The predicted octanol–water partition coefficient (Wildman–Crippen LogP) is 1.30. The molecule has 1 aromatic heterocycles. The van der Waals surface area contributed by atoms with Crippen molar-refractivity contribution < 1.29 is 9.15 Å². The molecule has 0 bridgehead atoms. The number of hydrogen-bond donors (Lipinski definition) is 2. The Kier molecular flexibility index (Phi) is 6.15. The molecule has 0 radical (unpaired) electrons. The molecule has 0 amide bonds. The Bertz CT molecular complexity index is 286. The van der Waals surface area contributed by atoms with E-state index in [1.807, 2.05) is 13.0 Å². The largest absolute Gasteiger partial charge is 0.469 e. The highest BCUT2D eigenvalue weighted by molar-refractivity contribution is 5.14. The van der Waals surface area contributed by atoms with E-state index in [9.17, 15) is 0 Å². The fraction of sp³-hybridized carbons (Fsp3) is 0.667. The number of furan rings is 1. The molecule has 4 heteroatoms. The Balaban J connectivity index is 2.10. The van der Waals surface area contributed by atoms with Crippen molar-refractivity contribution in [1.29, 1.82) is 0 Å². The first-order valence-electron chi connectivity index (χ1n) is 5.70. The lowest BCUT2D eigenvalue weighted by Gasteiger charge is -2.14. The lowest BCUT2D eigenvalue weighted by molar-refractivity contribution is 0.198. The maximum Gasteiger partial charge on any atom is 0.105 e. The van der Waals surface area contributed by atoms with Gasteiger partial charge in [0.1, 0.15) is 5.76 Å². The Morgan fingerprint density at radius 1 is 1.50 bits per heavy atom. The van der Waals surface area contributed by atoms with Crippen LogP contribution in [0.1, 0.15) is 18.2 Å². The SMILES string of the molecule is COCCNCC(C)NCc1ccoc1C. The molecule has 0 aromatic carbocycles. The third kappa shape index (κ3) is 4.79. The average Bonchev–Trinajstić information content (AvgIpc) is 2.67. The van der Waals surface area contributed by atoms with Crippen molar-refractivity contribution in [2.24, 2.45) is 0 Å². The summed E-state index contributed by atoms with van der Waals surface area (Å²) in [5.74, 6) is 0.993. The second-order valence-corrected chi connectivity index (χ2v) is 3.98. The van der Waals surface area contributed by atoms with E-state index in [-0.39, 0.29) is 0 Å². The first kappa shape index (κ1) is 13.2. The van der Waals surface area contributed by atoms with Crippen LogP contribution in [-0.4, -0.2) is 32.8 Å². The summed E-state index contributed by atoms with van der Waals surface area (Å²) in [6, 6.07) is 2.44. The van der Waals surface area contributed by atoms with Crippen LogP contribution in [0.15, 0.2) is 16.7 Å². The second-order valence-electron chi connectivity index (χ2n) is 3.98. The van der Waals surface area contributed by atoms with Gasteiger partial charge in [0, 0.05) is 38.3 Å². The van der Waals surface area contributed by atoms with Crippen LogP contribution >= 0.6 is 0 Å². The molecular weight excluding hydrogens is 204 g/mol. The van der Waals surface area contributed by atoms with E-state index < -0.39 is 0 Å². The van der Waals surface area contributed by atoms with Crippen LogP contribution in [0.3, 0.4) is 0 Å². The summed E-state index contributed by atoms with van der Waals surface area (Å²) in [5, 5.41) is 6.76. The Hall–Kier alpha value is -0.840. The lowest BCUT2D eigenvalue weighted by Crippen LogP contribution is -2.37. The molecule has 2 N–H and O–H groups in total. The zero-order valence-electron chi connectivity index (χ0n) is 10.4. The molecule has 0 aliphatic heterocycles. The van der Waals surface area contributed by atoms with Crippen LogP contribution in [-0.2, 0) is 11.3 Å². The van der Waals surface area contributed by atoms with Crippen LogP contribution in [0.5, 0.6) is 0 Å². The van der Waals surface area contributed by atoms with Crippen molar-refractivity contribution in [3.05, 3.63) is 23.7 Å². The molecule has 1 heterocycles. The van der Waals surface area contributed by atoms with Gasteiger partial charge in [-0.25, -0.2) is 0 Å². The zero-order chi connectivity index (χ0) is 11.8. The van der Waals surface area contributed by atoms with Crippen LogP contribution in [0.4, 0.5) is 0 Å². The molecule has 1 rings (SSSR count). The van der Waals surface area contributed by atoms with Crippen LogP contribution in [0, 0.1) is 6.92 Å². The van der Waals surface area contributed by atoms with E-state index in [0.717, 1.165) is 32.0 Å².